The third-order valence-electron chi connectivity index (χ3n) is 3.78. The van der Waals surface area contributed by atoms with E-state index in [-0.39, 0.29) is 11.7 Å². The summed E-state index contributed by atoms with van der Waals surface area (Å²) in [5.41, 5.74) is 0. The third kappa shape index (κ3) is 6.63. The average Bonchev–Trinajstić information content (AvgIpc) is 2.65. The van der Waals surface area contributed by atoms with Crippen LogP contribution in [0.3, 0.4) is 0 Å². The van der Waals surface area contributed by atoms with Crippen molar-refractivity contribution in [2.45, 2.75) is 12.8 Å². The first-order chi connectivity index (χ1) is 12.6. The molecule has 0 atom stereocenters. The molecule has 0 fully saturated rings. The number of nitrogens with zero attached hydrogens (tertiary/aromatic N) is 1. The summed E-state index contributed by atoms with van der Waals surface area (Å²) >= 11 is 0. The van der Waals surface area contributed by atoms with Crippen LogP contribution in [0.15, 0.2) is 48.5 Å². The predicted molar refractivity (Wildman–Crippen MR) is 97.3 cm³/mol. The van der Waals surface area contributed by atoms with Gasteiger partial charge in [0.25, 0.3) is 0 Å². The van der Waals surface area contributed by atoms with E-state index in [1.165, 1.54) is 12.1 Å². The maximum atomic E-state index is 13.0. The van der Waals surface area contributed by atoms with Gasteiger partial charge in [0.2, 0.25) is 5.91 Å². The van der Waals surface area contributed by atoms with Crippen molar-refractivity contribution in [3.8, 4) is 17.2 Å². The largest absolute Gasteiger partial charge is 0.497 e. The molecule has 0 aliphatic heterocycles. The van der Waals surface area contributed by atoms with Crippen LogP contribution < -0.4 is 14.2 Å². The van der Waals surface area contributed by atoms with Gasteiger partial charge in [-0.15, -0.1) is 0 Å². The fraction of sp³-hybridized carbons (Fsp3) is 0.350. The number of amides is 1. The number of halogens is 1. The van der Waals surface area contributed by atoms with Crippen LogP contribution in [0.2, 0.25) is 0 Å². The maximum absolute atomic E-state index is 13.0. The maximum Gasteiger partial charge on any atom is 0.222 e. The lowest BCUT2D eigenvalue weighted by atomic mass is 10.3. The van der Waals surface area contributed by atoms with Crippen LogP contribution in [0.4, 0.5) is 4.39 Å². The highest BCUT2D eigenvalue weighted by atomic mass is 19.1. The van der Waals surface area contributed by atoms with E-state index in [1.807, 2.05) is 24.3 Å². The summed E-state index contributed by atoms with van der Waals surface area (Å²) < 4.78 is 29.2. The zero-order valence-electron chi connectivity index (χ0n) is 15.1. The Hall–Kier alpha value is -2.76. The highest BCUT2D eigenvalue weighted by molar-refractivity contribution is 5.75. The minimum Gasteiger partial charge on any atom is -0.497 e. The molecule has 0 unspecified atom stereocenters. The molecule has 2 aromatic rings. The van der Waals surface area contributed by atoms with Crippen LogP contribution in [-0.2, 0) is 4.79 Å². The van der Waals surface area contributed by atoms with Gasteiger partial charge in [-0.1, -0.05) is 6.07 Å². The zero-order valence-corrected chi connectivity index (χ0v) is 15.1. The Morgan fingerprint density at radius 1 is 1.00 bits per heavy atom. The lowest BCUT2D eigenvalue weighted by molar-refractivity contribution is -0.130. The number of rotatable bonds is 10. The Bertz CT molecular complexity index is 690. The Morgan fingerprint density at radius 3 is 2.38 bits per heavy atom. The van der Waals surface area contributed by atoms with Gasteiger partial charge in [-0.25, -0.2) is 4.39 Å². The number of methoxy groups -OCH3 is 1. The summed E-state index contributed by atoms with van der Waals surface area (Å²) in [5, 5.41) is 0. The molecule has 0 N–H and O–H groups in total. The molecule has 0 heterocycles. The molecule has 0 aromatic heterocycles. The second-order valence-corrected chi connectivity index (χ2v) is 5.75. The molecule has 0 saturated heterocycles. The van der Waals surface area contributed by atoms with E-state index in [1.54, 1.807) is 31.2 Å². The van der Waals surface area contributed by atoms with Crippen molar-refractivity contribution in [3.05, 3.63) is 54.3 Å². The van der Waals surface area contributed by atoms with Crippen LogP contribution in [0.5, 0.6) is 17.2 Å². The van der Waals surface area contributed by atoms with Gasteiger partial charge in [0, 0.05) is 19.5 Å². The van der Waals surface area contributed by atoms with Crippen molar-refractivity contribution < 1.29 is 23.4 Å². The minimum absolute atomic E-state index is 0.0196. The smallest absolute Gasteiger partial charge is 0.222 e. The van der Waals surface area contributed by atoms with E-state index in [0.29, 0.717) is 38.3 Å². The van der Waals surface area contributed by atoms with Gasteiger partial charge >= 0.3 is 0 Å². The number of benzene rings is 2. The molecule has 26 heavy (non-hydrogen) atoms. The predicted octanol–water partition coefficient (Wildman–Crippen LogP) is 3.53. The number of likely N-dealkylation sites (N-methyl/N-ethyl adjacent to an activating group) is 1. The van der Waals surface area contributed by atoms with Crippen LogP contribution in [-0.4, -0.2) is 44.7 Å². The summed E-state index contributed by atoms with van der Waals surface area (Å²) in [6.07, 6.45) is 0.938. The Balaban J connectivity index is 1.60. The highest BCUT2D eigenvalue weighted by Gasteiger charge is 2.09. The summed E-state index contributed by atoms with van der Waals surface area (Å²) in [6.45, 7) is 1.27. The summed E-state index contributed by atoms with van der Waals surface area (Å²) in [5.74, 6) is 1.65. The molecule has 140 valence electrons. The lowest BCUT2D eigenvalue weighted by Crippen LogP contribution is -2.30. The van der Waals surface area contributed by atoms with Gasteiger partial charge in [-0.3, -0.25) is 4.79 Å². The van der Waals surface area contributed by atoms with Crippen molar-refractivity contribution in [1.29, 1.82) is 0 Å². The van der Waals surface area contributed by atoms with Gasteiger partial charge in [0.15, 0.2) is 0 Å². The number of hydrogen-bond acceptors (Lipinski definition) is 4. The van der Waals surface area contributed by atoms with E-state index in [4.69, 9.17) is 14.2 Å². The minimum atomic E-state index is -0.338. The summed E-state index contributed by atoms with van der Waals surface area (Å²) in [4.78, 5) is 13.7. The first-order valence-corrected chi connectivity index (χ1v) is 8.47. The molecule has 2 aromatic carbocycles. The van der Waals surface area contributed by atoms with Gasteiger partial charge in [-0.2, -0.15) is 0 Å². The monoisotopic (exact) mass is 361 g/mol. The third-order valence-corrected chi connectivity index (χ3v) is 3.78. The molecular weight excluding hydrogens is 337 g/mol. The first kappa shape index (κ1) is 19.6. The molecule has 6 heteroatoms. The van der Waals surface area contributed by atoms with E-state index < -0.39 is 0 Å². The second kappa shape index (κ2) is 10.3. The summed E-state index contributed by atoms with van der Waals surface area (Å²) in [6, 6.07) is 13.3. The summed E-state index contributed by atoms with van der Waals surface area (Å²) in [7, 11) is 3.35. The molecule has 5 nitrogen and oxygen atoms in total. The van der Waals surface area contributed by atoms with Crippen molar-refractivity contribution in [2.75, 3.05) is 33.9 Å². The van der Waals surface area contributed by atoms with Crippen LogP contribution in [0.25, 0.3) is 0 Å². The normalized spacial score (nSPS) is 10.3. The van der Waals surface area contributed by atoms with E-state index in [0.717, 1.165) is 11.5 Å². The second-order valence-electron chi connectivity index (χ2n) is 5.75. The van der Waals surface area contributed by atoms with Gasteiger partial charge in [-0.05, 0) is 42.8 Å². The molecule has 0 spiro atoms. The SMILES string of the molecule is COc1ccc(OCCN(C)C(=O)CCCOc2cccc(F)c2)cc1. The Morgan fingerprint density at radius 2 is 1.69 bits per heavy atom. The first-order valence-electron chi connectivity index (χ1n) is 8.47. The Kier molecular flexibility index (Phi) is 7.74. The van der Waals surface area contributed by atoms with Crippen molar-refractivity contribution in [2.24, 2.45) is 0 Å². The number of hydrogen-bond donors (Lipinski definition) is 0. The molecule has 0 saturated carbocycles. The van der Waals surface area contributed by atoms with Crippen molar-refractivity contribution in [3.63, 3.8) is 0 Å². The molecule has 0 aliphatic rings. The molecule has 1 amide bonds. The van der Waals surface area contributed by atoms with Crippen LogP contribution >= 0.6 is 0 Å². The average molecular weight is 361 g/mol. The topological polar surface area (TPSA) is 48.0 Å². The Labute approximate surface area is 153 Å². The molecule has 2 rings (SSSR count). The van der Waals surface area contributed by atoms with Gasteiger partial charge in [0.05, 0.1) is 20.3 Å². The van der Waals surface area contributed by atoms with E-state index in [2.05, 4.69) is 0 Å². The fourth-order valence-corrected chi connectivity index (χ4v) is 2.26. The standard InChI is InChI=1S/C20H24FNO4/c1-22(12-14-26-18-10-8-17(24-2)9-11-18)20(23)7-4-13-25-19-6-3-5-16(21)15-19/h3,5-6,8-11,15H,4,7,12-14H2,1-2H3. The molecular formula is C20H24FNO4. The molecule has 0 aliphatic carbocycles. The molecule has 0 bridgehead atoms. The number of carbonyl (C=O) groups excluding carboxylic acids is 1. The number of ether oxygens (including phenoxy) is 3. The van der Waals surface area contributed by atoms with Crippen molar-refractivity contribution >= 4 is 5.91 Å². The fourth-order valence-electron chi connectivity index (χ4n) is 2.26. The lowest BCUT2D eigenvalue weighted by Gasteiger charge is -2.17. The van der Waals surface area contributed by atoms with Crippen LogP contribution in [0.1, 0.15) is 12.8 Å². The number of carbonyl (C=O) groups is 1. The van der Waals surface area contributed by atoms with Crippen LogP contribution in [0, 0.1) is 5.82 Å². The van der Waals surface area contributed by atoms with Gasteiger partial charge < -0.3 is 19.1 Å². The highest BCUT2D eigenvalue weighted by Crippen LogP contribution is 2.17. The van der Waals surface area contributed by atoms with Crippen molar-refractivity contribution in [1.82, 2.24) is 4.90 Å². The zero-order chi connectivity index (χ0) is 18.8. The van der Waals surface area contributed by atoms with E-state index >= 15 is 0 Å². The quantitative estimate of drug-likeness (QED) is 0.608. The molecule has 0 radical (unpaired) electrons. The van der Waals surface area contributed by atoms with Gasteiger partial charge in [0.1, 0.15) is 29.7 Å². The van der Waals surface area contributed by atoms with E-state index in [9.17, 15) is 9.18 Å².